The van der Waals surface area contributed by atoms with Gasteiger partial charge in [0.15, 0.2) is 0 Å². The third-order valence-electron chi connectivity index (χ3n) is 6.40. The Hall–Kier alpha value is -4.31. The van der Waals surface area contributed by atoms with Gasteiger partial charge in [-0.1, -0.05) is 0 Å². The van der Waals surface area contributed by atoms with E-state index in [1.54, 1.807) is 37.7 Å². The number of likely N-dealkylation sites (tertiary alicyclic amines) is 1. The number of allylic oxidation sites excluding steroid dienone is 1. The second kappa shape index (κ2) is 12.8. The van der Waals surface area contributed by atoms with E-state index in [1.807, 2.05) is 35.2 Å². The lowest BCUT2D eigenvalue weighted by Crippen LogP contribution is -2.46. The molecule has 3 aromatic rings. The highest BCUT2D eigenvalue weighted by Gasteiger charge is 2.26. The molecule has 0 radical (unpaired) electrons. The Kier molecular flexibility index (Phi) is 8.99. The number of benzene rings is 2. The number of aliphatic imine (C=N–C) groups is 1. The lowest BCUT2D eigenvalue weighted by atomic mass is 10.0. The van der Waals surface area contributed by atoms with E-state index in [4.69, 9.17) is 5.73 Å². The summed E-state index contributed by atoms with van der Waals surface area (Å²) >= 11 is 0. The molecule has 0 spiro atoms. The fraction of sp³-hybridized carbons (Fsp3) is 0.286. The monoisotopic (exact) mass is 516 g/mol. The molecule has 0 atom stereocenters. The van der Waals surface area contributed by atoms with Crippen LogP contribution in [0.1, 0.15) is 23.2 Å². The Morgan fingerprint density at radius 3 is 2.45 bits per heavy atom. The molecule has 2 aromatic carbocycles. The Morgan fingerprint density at radius 2 is 1.76 bits per heavy atom. The lowest BCUT2D eigenvalue weighted by Gasteiger charge is -2.36. The van der Waals surface area contributed by atoms with Crippen molar-refractivity contribution >= 4 is 35.3 Å². The Labute approximate surface area is 222 Å². The van der Waals surface area contributed by atoms with Crippen LogP contribution in [0.4, 0.5) is 27.5 Å². The maximum Gasteiger partial charge on any atom is 0.253 e. The van der Waals surface area contributed by atoms with Crippen LogP contribution in [0.3, 0.4) is 0 Å². The van der Waals surface area contributed by atoms with Crippen LogP contribution >= 0.6 is 0 Å². The van der Waals surface area contributed by atoms with E-state index >= 15 is 0 Å². The molecule has 4 rings (SSSR count). The average Bonchev–Trinajstić information content (AvgIpc) is 2.93. The van der Waals surface area contributed by atoms with Crippen LogP contribution in [0.25, 0.3) is 0 Å². The molecule has 0 unspecified atom stereocenters. The molecule has 2 heterocycles. The number of nitrogens with two attached hydrogens (primary N) is 1. The second-order valence-electron chi connectivity index (χ2n) is 9.19. The van der Waals surface area contributed by atoms with Crippen molar-refractivity contribution in [1.29, 1.82) is 0 Å². The Balaban J connectivity index is 1.29. The first kappa shape index (κ1) is 26.7. The molecular weight excluding hydrogens is 483 g/mol. The van der Waals surface area contributed by atoms with Crippen LogP contribution in [-0.2, 0) is 0 Å². The summed E-state index contributed by atoms with van der Waals surface area (Å²) in [5.74, 6) is 0.702. The zero-order valence-corrected chi connectivity index (χ0v) is 21.6. The van der Waals surface area contributed by atoms with Crippen LogP contribution in [0.2, 0.25) is 0 Å². The number of halogens is 1. The SMILES string of the molecule is CN=CC=C(N)CN(C)C1CCN(C(=O)c2ccc(Nc3nccc(Nc4ccc(F)cc4)n3)cc2)CC1. The minimum atomic E-state index is -0.299. The fourth-order valence-electron chi connectivity index (χ4n) is 4.33. The topological polar surface area (TPSA) is 112 Å². The predicted octanol–water partition coefficient (Wildman–Crippen LogP) is 4.18. The molecule has 198 valence electrons. The standard InChI is InChI=1S/C28H33FN8O/c1-31-15-11-22(30)19-36(2)25-13-17-37(18-14-25)27(38)20-3-7-24(8-4-20)34-28-32-16-12-26(35-28)33-23-9-5-21(29)6-10-23/h3-12,15-16,25H,13-14,17-19,30H2,1-2H3,(H2,32,33,34,35). The van der Waals surface area contributed by atoms with E-state index in [2.05, 4.69) is 37.5 Å². The Morgan fingerprint density at radius 1 is 1.11 bits per heavy atom. The number of likely N-dealkylation sites (N-methyl/N-ethyl adjacent to an activating group) is 1. The molecule has 1 saturated heterocycles. The summed E-state index contributed by atoms with van der Waals surface area (Å²) in [6.45, 7) is 2.08. The summed E-state index contributed by atoms with van der Waals surface area (Å²) in [5.41, 5.74) is 8.95. The molecule has 0 aliphatic carbocycles. The molecule has 10 heteroatoms. The molecule has 1 amide bonds. The molecule has 4 N–H and O–H groups in total. The van der Waals surface area contributed by atoms with Gasteiger partial charge >= 0.3 is 0 Å². The number of amides is 1. The fourth-order valence-corrected chi connectivity index (χ4v) is 4.33. The zero-order valence-electron chi connectivity index (χ0n) is 21.6. The average molecular weight is 517 g/mol. The van der Waals surface area contributed by atoms with Crippen LogP contribution in [0.15, 0.2) is 77.6 Å². The largest absolute Gasteiger partial charge is 0.401 e. The first-order valence-corrected chi connectivity index (χ1v) is 12.5. The van der Waals surface area contributed by atoms with Gasteiger partial charge in [0.25, 0.3) is 5.91 Å². The van der Waals surface area contributed by atoms with Crippen molar-refractivity contribution in [3.05, 3.63) is 83.9 Å². The van der Waals surface area contributed by atoms with Gasteiger partial charge in [0.2, 0.25) is 5.95 Å². The minimum Gasteiger partial charge on any atom is -0.401 e. The van der Waals surface area contributed by atoms with Crippen molar-refractivity contribution in [3.8, 4) is 0 Å². The van der Waals surface area contributed by atoms with Gasteiger partial charge in [0, 0.05) is 67.8 Å². The molecule has 0 bridgehead atoms. The van der Waals surface area contributed by atoms with E-state index in [0.29, 0.717) is 43.0 Å². The highest BCUT2D eigenvalue weighted by atomic mass is 19.1. The van der Waals surface area contributed by atoms with Crippen LogP contribution in [0, 0.1) is 5.82 Å². The van der Waals surface area contributed by atoms with Crippen LogP contribution < -0.4 is 16.4 Å². The molecule has 1 fully saturated rings. The van der Waals surface area contributed by atoms with Gasteiger partial charge in [-0.2, -0.15) is 4.98 Å². The van der Waals surface area contributed by atoms with Gasteiger partial charge in [0.05, 0.1) is 0 Å². The van der Waals surface area contributed by atoms with Crippen molar-refractivity contribution in [2.45, 2.75) is 18.9 Å². The summed E-state index contributed by atoms with van der Waals surface area (Å²) in [6, 6.07) is 15.4. The van der Waals surface area contributed by atoms with Gasteiger partial charge in [-0.05, 0) is 80.6 Å². The second-order valence-corrected chi connectivity index (χ2v) is 9.19. The van der Waals surface area contributed by atoms with Crippen molar-refractivity contribution in [3.63, 3.8) is 0 Å². The van der Waals surface area contributed by atoms with Gasteiger partial charge in [0.1, 0.15) is 11.6 Å². The number of nitrogens with zero attached hydrogens (tertiary/aromatic N) is 5. The third-order valence-corrected chi connectivity index (χ3v) is 6.40. The molecule has 0 saturated carbocycles. The first-order chi connectivity index (χ1) is 18.4. The van der Waals surface area contributed by atoms with Gasteiger partial charge < -0.3 is 21.3 Å². The number of hydrogen-bond acceptors (Lipinski definition) is 8. The minimum absolute atomic E-state index is 0.0259. The number of nitrogens with one attached hydrogen (secondary N) is 2. The normalized spacial score (nSPS) is 14.7. The summed E-state index contributed by atoms with van der Waals surface area (Å²) < 4.78 is 13.1. The van der Waals surface area contributed by atoms with E-state index in [0.717, 1.165) is 29.9 Å². The van der Waals surface area contributed by atoms with Gasteiger partial charge in [-0.25, -0.2) is 9.37 Å². The van der Waals surface area contributed by atoms with E-state index in [9.17, 15) is 9.18 Å². The number of piperidine rings is 1. The Bertz CT molecular complexity index is 1270. The van der Waals surface area contributed by atoms with E-state index in [1.165, 1.54) is 12.1 Å². The van der Waals surface area contributed by atoms with Gasteiger partial charge in [-0.3, -0.25) is 14.7 Å². The number of carbonyl (C=O) groups excluding carboxylic acids is 1. The number of hydrogen-bond donors (Lipinski definition) is 3. The van der Waals surface area contributed by atoms with Gasteiger partial charge in [-0.15, -0.1) is 0 Å². The quantitative estimate of drug-likeness (QED) is 0.366. The smallest absolute Gasteiger partial charge is 0.253 e. The van der Waals surface area contributed by atoms with E-state index < -0.39 is 0 Å². The molecular formula is C28H33FN8O. The highest BCUT2D eigenvalue weighted by molar-refractivity contribution is 5.94. The third kappa shape index (κ3) is 7.36. The first-order valence-electron chi connectivity index (χ1n) is 12.5. The zero-order chi connectivity index (χ0) is 26.9. The molecule has 38 heavy (non-hydrogen) atoms. The maximum absolute atomic E-state index is 13.1. The number of anilines is 4. The van der Waals surface area contributed by atoms with Crippen molar-refractivity contribution in [1.82, 2.24) is 19.8 Å². The summed E-state index contributed by atoms with van der Waals surface area (Å²) in [4.78, 5) is 29.9. The van der Waals surface area contributed by atoms with Crippen LogP contribution in [-0.4, -0.2) is 71.7 Å². The highest BCUT2D eigenvalue weighted by Crippen LogP contribution is 2.21. The number of aromatic nitrogens is 2. The molecule has 9 nitrogen and oxygen atoms in total. The number of rotatable bonds is 9. The summed E-state index contributed by atoms with van der Waals surface area (Å²) in [7, 11) is 3.78. The van der Waals surface area contributed by atoms with Crippen molar-refractivity contribution < 1.29 is 9.18 Å². The van der Waals surface area contributed by atoms with E-state index in [-0.39, 0.29) is 11.7 Å². The number of carbonyl (C=O) groups is 1. The molecule has 1 aromatic heterocycles. The lowest BCUT2D eigenvalue weighted by molar-refractivity contribution is 0.0652. The summed E-state index contributed by atoms with van der Waals surface area (Å²) in [5, 5.41) is 6.28. The predicted molar refractivity (Wildman–Crippen MR) is 150 cm³/mol. The molecule has 1 aliphatic rings. The van der Waals surface area contributed by atoms with Crippen LogP contribution in [0.5, 0.6) is 0 Å². The summed E-state index contributed by atoms with van der Waals surface area (Å²) in [6.07, 6.45) is 6.95. The molecule has 1 aliphatic heterocycles. The van der Waals surface area contributed by atoms with Crippen molar-refractivity contribution in [2.75, 3.05) is 44.4 Å². The maximum atomic E-state index is 13.1. The van der Waals surface area contributed by atoms with Crippen molar-refractivity contribution in [2.24, 2.45) is 10.7 Å².